The molecule has 5 rings (SSSR count). The molecular weight excluding hydrogens is 392 g/mol. The van der Waals surface area contributed by atoms with Crippen LogP contribution in [-0.4, -0.2) is 48.4 Å². The van der Waals surface area contributed by atoms with Crippen LogP contribution in [0.25, 0.3) is 0 Å². The summed E-state index contributed by atoms with van der Waals surface area (Å²) in [5, 5.41) is 5.83. The number of carbonyl (C=O) groups is 3. The standard InChI is InChI=1S/C24H26N4O3/c1-2-6-20-24(18-9-3-4-10-19(18)26-22(24)30)11-13-28(20)21(29)16-7-5-8-17(15-16)27-14-12-25-23(27)31/h3-5,7-10,15,20H,2,6,11-14H2,1H3,(H,25,31)(H,26,30)/t20-,24+/m0/s1. The molecule has 0 bridgehead atoms. The Morgan fingerprint density at radius 3 is 2.74 bits per heavy atom. The Hall–Kier alpha value is -3.35. The lowest BCUT2D eigenvalue weighted by Crippen LogP contribution is -2.48. The first-order chi connectivity index (χ1) is 15.1. The summed E-state index contributed by atoms with van der Waals surface area (Å²) < 4.78 is 0. The Kier molecular flexibility index (Phi) is 4.68. The number of hydrogen-bond acceptors (Lipinski definition) is 3. The van der Waals surface area contributed by atoms with Gasteiger partial charge in [-0.05, 0) is 42.7 Å². The zero-order valence-electron chi connectivity index (χ0n) is 17.6. The zero-order valence-corrected chi connectivity index (χ0v) is 17.6. The summed E-state index contributed by atoms with van der Waals surface area (Å²) in [6.45, 7) is 3.79. The van der Waals surface area contributed by atoms with Gasteiger partial charge in [0.25, 0.3) is 5.91 Å². The number of nitrogens with one attached hydrogen (secondary N) is 2. The number of hydrogen-bond donors (Lipinski definition) is 2. The first kappa shape index (κ1) is 19.6. The predicted octanol–water partition coefficient (Wildman–Crippen LogP) is 3.12. The summed E-state index contributed by atoms with van der Waals surface area (Å²) in [7, 11) is 0. The van der Waals surface area contributed by atoms with Crippen LogP contribution in [0.15, 0.2) is 48.5 Å². The van der Waals surface area contributed by atoms with Crippen molar-refractivity contribution >= 4 is 29.2 Å². The molecule has 2 saturated heterocycles. The van der Waals surface area contributed by atoms with Crippen LogP contribution in [-0.2, 0) is 10.2 Å². The van der Waals surface area contributed by atoms with Gasteiger partial charge in [0.05, 0.1) is 11.5 Å². The van der Waals surface area contributed by atoms with E-state index in [9.17, 15) is 14.4 Å². The monoisotopic (exact) mass is 418 g/mol. The Morgan fingerprint density at radius 2 is 1.97 bits per heavy atom. The third-order valence-electron chi connectivity index (χ3n) is 6.84. The van der Waals surface area contributed by atoms with Gasteiger partial charge in [-0.3, -0.25) is 14.5 Å². The van der Waals surface area contributed by atoms with E-state index in [-0.39, 0.29) is 23.9 Å². The van der Waals surface area contributed by atoms with Crippen LogP contribution in [0.3, 0.4) is 0 Å². The minimum Gasteiger partial charge on any atom is -0.336 e. The molecule has 7 nitrogen and oxygen atoms in total. The molecule has 2 aromatic carbocycles. The molecule has 160 valence electrons. The van der Waals surface area contributed by atoms with Crippen LogP contribution >= 0.6 is 0 Å². The number of para-hydroxylation sites is 1. The molecule has 2 atom stereocenters. The van der Waals surface area contributed by atoms with E-state index in [2.05, 4.69) is 17.6 Å². The highest BCUT2D eigenvalue weighted by molar-refractivity contribution is 6.08. The molecule has 3 heterocycles. The normalized spacial score (nSPS) is 24.5. The number of amides is 4. The van der Waals surface area contributed by atoms with Gasteiger partial charge in [0.2, 0.25) is 5.91 Å². The highest BCUT2D eigenvalue weighted by Gasteiger charge is 2.58. The van der Waals surface area contributed by atoms with Crippen LogP contribution in [0.2, 0.25) is 0 Å². The number of urea groups is 1. The van der Waals surface area contributed by atoms with Crippen molar-refractivity contribution in [3.05, 3.63) is 59.7 Å². The molecule has 1 spiro atoms. The second kappa shape index (κ2) is 7.41. The number of likely N-dealkylation sites (tertiary alicyclic amines) is 1. The van der Waals surface area contributed by atoms with E-state index in [1.54, 1.807) is 17.0 Å². The van der Waals surface area contributed by atoms with E-state index < -0.39 is 5.41 Å². The van der Waals surface area contributed by atoms with Gasteiger partial charge < -0.3 is 15.5 Å². The molecule has 0 aliphatic carbocycles. The number of anilines is 2. The minimum atomic E-state index is -0.700. The van der Waals surface area contributed by atoms with Crippen molar-refractivity contribution < 1.29 is 14.4 Å². The second-order valence-electron chi connectivity index (χ2n) is 8.46. The molecule has 3 aliphatic rings. The van der Waals surface area contributed by atoms with E-state index in [1.165, 1.54) is 0 Å². The van der Waals surface area contributed by atoms with Crippen LogP contribution in [0.4, 0.5) is 16.2 Å². The zero-order chi connectivity index (χ0) is 21.6. The van der Waals surface area contributed by atoms with Crippen molar-refractivity contribution in [3.8, 4) is 0 Å². The van der Waals surface area contributed by atoms with Crippen molar-refractivity contribution in [3.63, 3.8) is 0 Å². The Bertz CT molecular complexity index is 1070. The quantitative estimate of drug-likeness (QED) is 0.801. The summed E-state index contributed by atoms with van der Waals surface area (Å²) >= 11 is 0. The van der Waals surface area contributed by atoms with Gasteiger partial charge in [-0.15, -0.1) is 0 Å². The molecule has 0 unspecified atom stereocenters. The van der Waals surface area contributed by atoms with Crippen molar-refractivity contribution in [2.24, 2.45) is 0 Å². The number of fused-ring (bicyclic) bond motifs is 2. The Labute approximate surface area is 181 Å². The third-order valence-corrected chi connectivity index (χ3v) is 6.84. The lowest BCUT2D eigenvalue weighted by Gasteiger charge is -2.34. The van der Waals surface area contributed by atoms with Gasteiger partial charge in [0, 0.05) is 36.6 Å². The third kappa shape index (κ3) is 2.91. The average molecular weight is 418 g/mol. The summed E-state index contributed by atoms with van der Waals surface area (Å²) in [5.74, 6) is -0.0982. The smallest absolute Gasteiger partial charge is 0.321 e. The molecule has 3 aliphatic heterocycles. The second-order valence-corrected chi connectivity index (χ2v) is 8.46. The van der Waals surface area contributed by atoms with Gasteiger partial charge in [-0.25, -0.2) is 4.79 Å². The van der Waals surface area contributed by atoms with Crippen LogP contribution in [0.5, 0.6) is 0 Å². The molecule has 7 heteroatoms. The number of rotatable bonds is 4. The van der Waals surface area contributed by atoms with Crippen molar-refractivity contribution in [2.45, 2.75) is 37.6 Å². The van der Waals surface area contributed by atoms with Gasteiger partial charge >= 0.3 is 6.03 Å². The Balaban J connectivity index is 1.49. The summed E-state index contributed by atoms with van der Waals surface area (Å²) in [5.41, 5.74) is 2.41. The largest absolute Gasteiger partial charge is 0.336 e. The van der Waals surface area contributed by atoms with E-state index in [0.717, 1.165) is 24.1 Å². The summed E-state index contributed by atoms with van der Waals surface area (Å²) in [6.07, 6.45) is 2.24. The highest BCUT2D eigenvalue weighted by atomic mass is 16.2. The average Bonchev–Trinajstić information content (AvgIpc) is 3.46. The van der Waals surface area contributed by atoms with Gasteiger partial charge in [0.15, 0.2) is 0 Å². The SMILES string of the molecule is CCC[C@@H]1N(C(=O)c2cccc(N3CCNC3=O)c2)CC[C@]12C(=O)Nc1ccccc12. The fourth-order valence-corrected chi connectivity index (χ4v) is 5.41. The van der Waals surface area contributed by atoms with E-state index >= 15 is 0 Å². The first-order valence-electron chi connectivity index (χ1n) is 10.9. The van der Waals surface area contributed by atoms with E-state index in [1.807, 2.05) is 41.3 Å². The number of benzene rings is 2. The highest BCUT2D eigenvalue weighted by Crippen LogP contribution is 2.49. The maximum absolute atomic E-state index is 13.6. The molecule has 4 amide bonds. The van der Waals surface area contributed by atoms with Crippen LogP contribution in [0.1, 0.15) is 42.1 Å². The van der Waals surface area contributed by atoms with Crippen molar-refractivity contribution in [1.29, 1.82) is 0 Å². The van der Waals surface area contributed by atoms with Crippen LogP contribution in [0, 0.1) is 0 Å². The van der Waals surface area contributed by atoms with Gasteiger partial charge in [0.1, 0.15) is 0 Å². The summed E-state index contributed by atoms with van der Waals surface area (Å²) in [4.78, 5) is 42.4. The molecule has 2 N–H and O–H groups in total. The van der Waals surface area contributed by atoms with Crippen molar-refractivity contribution in [1.82, 2.24) is 10.2 Å². The number of nitrogens with zero attached hydrogens (tertiary/aromatic N) is 2. The molecule has 0 radical (unpaired) electrons. The van der Waals surface area contributed by atoms with E-state index in [4.69, 9.17) is 0 Å². The van der Waals surface area contributed by atoms with Gasteiger partial charge in [-0.1, -0.05) is 37.6 Å². The fraction of sp³-hybridized carbons (Fsp3) is 0.375. The molecule has 0 saturated carbocycles. The maximum atomic E-state index is 13.6. The lowest BCUT2D eigenvalue weighted by atomic mass is 9.73. The lowest BCUT2D eigenvalue weighted by molar-refractivity contribution is -0.121. The molecular formula is C24H26N4O3. The minimum absolute atomic E-state index is 0.00932. The van der Waals surface area contributed by atoms with Crippen molar-refractivity contribution in [2.75, 3.05) is 29.9 Å². The molecule has 0 aromatic heterocycles. The Morgan fingerprint density at radius 1 is 1.13 bits per heavy atom. The molecule has 2 aromatic rings. The topological polar surface area (TPSA) is 81.8 Å². The summed E-state index contributed by atoms with van der Waals surface area (Å²) in [6, 6.07) is 14.7. The maximum Gasteiger partial charge on any atom is 0.321 e. The first-order valence-corrected chi connectivity index (χ1v) is 10.9. The molecule has 2 fully saturated rings. The van der Waals surface area contributed by atoms with E-state index in [0.29, 0.717) is 37.3 Å². The van der Waals surface area contributed by atoms with Crippen LogP contribution < -0.4 is 15.5 Å². The molecule has 31 heavy (non-hydrogen) atoms. The number of carbonyl (C=O) groups excluding carboxylic acids is 3. The fourth-order valence-electron chi connectivity index (χ4n) is 5.41. The predicted molar refractivity (Wildman–Crippen MR) is 118 cm³/mol. The van der Waals surface area contributed by atoms with Gasteiger partial charge in [-0.2, -0.15) is 0 Å².